The molecule has 0 spiro atoms. The molecule has 0 unspecified atom stereocenters. The molecule has 3 rings (SSSR count). The number of phenolic OH excluding ortho intramolecular Hbond substituents is 1. The normalized spacial score (nSPS) is 16.6. The highest BCUT2D eigenvalue weighted by Gasteiger charge is 2.25. The number of halogens is 2. The number of nitrogens with zero attached hydrogens (tertiary/aromatic N) is 1. The van der Waals surface area contributed by atoms with Crippen LogP contribution in [0.25, 0.3) is 6.08 Å². The number of hydrogen-bond donors (Lipinski definition) is 2. The van der Waals surface area contributed by atoms with E-state index < -0.39 is 11.8 Å². The van der Waals surface area contributed by atoms with Crippen molar-refractivity contribution in [2.24, 2.45) is 4.99 Å². The highest BCUT2D eigenvalue weighted by Crippen LogP contribution is 2.36. The van der Waals surface area contributed by atoms with Gasteiger partial charge in [-0.25, -0.2) is 0 Å². The second-order valence-electron chi connectivity index (χ2n) is 5.35. The number of hydrogen-bond acceptors (Lipinski definition) is 5. The van der Waals surface area contributed by atoms with Crippen molar-refractivity contribution in [2.45, 2.75) is 0 Å². The van der Waals surface area contributed by atoms with Crippen LogP contribution in [0, 0.1) is 0 Å². The van der Waals surface area contributed by atoms with Gasteiger partial charge >= 0.3 is 0 Å². The third-order valence-electron chi connectivity index (χ3n) is 3.51. The number of rotatable bonds is 3. The summed E-state index contributed by atoms with van der Waals surface area (Å²) in [4.78, 5) is 28.5. The van der Waals surface area contributed by atoms with Crippen LogP contribution in [0.1, 0.15) is 15.9 Å². The molecule has 0 saturated carbocycles. The summed E-state index contributed by atoms with van der Waals surface area (Å²) in [7, 11) is 1.40. The van der Waals surface area contributed by atoms with Crippen molar-refractivity contribution in [3.63, 3.8) is 0 Å². The summed E-state index contributed by atoms with van der Waals surface area (Å²) in [6, 6.07) is 9.31. The summed E-state index contributed by atoms with van der Waals surface area (Å²) in [6.07, 6.45) is 1.56. The van der Waals surface area contributed by atoms with Gasteiger partial charge in [0.2, 0.25) is 0 Å². The minimum absolute atomic E-state index is 0.0939. The van der Waals surface area contributed by atoms with Crippen LogP contribution in [-0.2, 0) is 4.79 Å². The second-order valence-corrected chi connectivity index (χ2v) is 7.22. The largest absolute Gasteiger partial charge is 0.503 e. The quantitative estimate of drug-likeness (QED) is 0.726. The van der Waals surface area contributed by atoms with Crippen LogP contribution in [0.2, 0.25) is 10.0 Å². The minimum atomic E-state index is -0.495. The van der Waals surface area contributed by atoms with E-state index in [9.17, 15) is 14.7 Å². The number of ether oxygens (including phenoxy) is 1. The van der Waals surface area contributed by atoms with Crippen molar-refractivity contribution in [3.8, 4) is 11.5 Å². The molecular weight excluding hydrogens is 411 g/mol. The van der Waals surface area contributed by atoms with E-state index in [0.29, 0.717) is 21.1 Å². The molecule has 9 heteroatoms. The number of aliphatic imine (C=N–C) groups is 1. The van der Waals surface area contributed by atoms with E-state index >= 15 is 0 Å². The van der Waals surface area contributed by atoms with E-state index in [1.165, 1.54) is 19.2 Å². The fourth-order valence-corrected chi connectivity index (χ4v) is 3.38. The summed E-state index contributed by atoms with van der Waals surface area (Å²) in [5, 5.41) is 13.1. The molecule has 0 radical (unpaired) electrons. The van der Waals surface area contributed by atoms with Crippen LogP contribution in [0.15, 0.2) is 46.3 Å². The zero-order valence-corrected chi connectivity index (χ0v) is 16.2. The predicted molar refractivity (Wildman–Crippen MR) is 107 cm³/mol. The Labute approximate surface area is 168 Å². The van der Waals surface area contributed by atoms with Gasteiger partial charge in [0.15, 0.2) is 16.7 Å². The Kier molecular flexibility index (Phi) is 5.74. The van der Waals surface area contributed by atoms with Gasteiger partial charge in [0.1, 0.15) is 0 Å². The lowest BCUT2D eigenvalue weighted by Gasteiger charge is -2.06. The average Bonchev–Trinajstić information content (AvgIpc) is 2.97. The van der Waals surface area contributed by atoms with Crippen LogP contribution < -0.4 is 10.1 Å². The van der Waals surface area contributed by atoms with Gasteiger partial charge in [0, 0.05) is 10.6 Å². The van der Waals surface area contributed by atoms with Crippen molar-refractivity contribution in [1.82, 2.24) is 5.32 Å². The zero-order chi connectivity index (χ0) is 19.6. The maximum Gasteiger partial charge on any atom is 0.279 e. The van der Waals surface area contributed by atoms with Crippen molar-refractivity contribution >= 4 is 58.0 Å². The first-order valence-corrected chi connectivity index (χ1v) is 9.10. The average molecular weight is 423 g/mol. The first-order chi connectivity index (χ1) is 12.9. The number of phenols is 1. The van der Waals surface area contributed by atoms with E-state index in [2.05, 4.69) is 10.3 Å². The van der Waals surface area contributed by atoms with Crippen LogP contribution in [0.5, 0.6) is 11.5 Å². The number of nitrogens with one attached hydrogen (secondary N) is 1. The zero-order valence-electron chi connectivity index (χ0n) is 13.8. The standard InChI is InChI=1S/C18H12Cl2N2O4S/c1-26-13-7-9(6-12(20)15(13)23)8-14-17(25)22-18(27-14)21-16(24)10-2-4-11(19)5-3-10/h2-8,23H,1H3,(H,21,22,24,25)/b14-8-. The SMILES string of the molecule is COc1cc(/C=C2\SC(=NC(=O)c3ccc(Cl)cc3)NC2=O)cc(Cl)c1O. The number of methoxy groups -OCH3 is 1. The van der Waals surface area contributed by atoms with Crippen LogP contribution in [0.4, 0.5) is 0 Å². The molecule has 1 aliphatic rings. The van der Waals surface area contributed by atoms with Gasteiger partial charge in [0.25, 0.3) is 11.8 Å². The van der Waals surface area contributed by atoms with Crippen molar-refractivity contribution in [2.75, 3.05) is 7.11 Å². The van der Waals surface area contributed by atoms with Gasteiger partial charge in [-0.3, -0.25) is 9.59 Å². The maximum atomic E-state index is 12.2. The molecule has 1 saturated heterocycles. The molecule has 1 fully saturated rings. The van der Waals surface area contributed by atoms with Gasteiger partial charge in [-0.1, -0.05) is 23.2 Å². The topological polar surface area (TPSA) is 88.0 Å². The van der Waals surface area contributed by atoms with Gasteiger partial charge < -0.3 is 15.2 Å². The number of aromatic hydroxyl groups is 1. The van der Waals surface area contributed by atoms with Crippen molar-refractivity contribution in [3.05, 3.63) is 62.5 Å². The number of amides is 2. The molecule has 0 bridgehead atoms. The fourth-order valence-electron chi connectivity index (χ4n) is 2.21. The van der Waals surface area contributed by atoms with Crippen LogP contribution >= 0.6 is 35.0 Å². The Balaban J connectivity index is 1.83. The molecule has 0 aliphatic carbocycles. The molecular formula is C18H12Cl2N2O4S. The number of benzene rings is 2. The van der Waals surface area contributed by atoms with E-state index in [4.69, 9.17) is 27.9 Å². The maximum absolute atomic E-state index is 12.2. The van der Waals surface area contributed by atoms with Gasteiger partial charge in [-0.2, -0.15) is 4.99 Å². The predicted octanol–water partition coefficient (Wildman–Crippen LogP) is 4.11. The molecule has 2 N–H and O–H groups in total. The highest BCUT2D eigenvalue weighted by atomic mass is 35.5. The number of amidine groups is 1. The first kappa shape index (κ1) is 19.3. The molecule has 27 heavy (non-hydrogen) atoms. The monoisotopic (exact) mass is 422 g/mol. The number of thioether (sulfide) groups is 1. The third-order valence-corrected chi connectivity index (χ3v) is 4.96. The lowest BCUT2D eigenvalue weighted by atomic mass is 10.2. The molecule has 1 aliphatic heterocycles. The summed E-state index contributed by atoms with van der Waals surface area (Å²) in [6.45, 7) is 0. The van der Waals surface area contributed by atoms with Gasteiger partial charge in [-0.15, -0.1) is 0 Å². The van der Waals surface area contributed by atoms with Crippen LogP contribution in [0.3, 0.4) is 0 Å². The van der Waals surface area contributed by atoms with E-state index in [-0.39, 0.29) is 21.7 Å². The van der Waals surface area contributed by atoms with E-state index in [0.717, 1.165) is 11.8 Å². The number of carbonyl (C=O) groups is 2. The Bertz CT molecular complexity index is 988. The fraction of sp³-hybridized carbons (Fsp3) is 0.0556. The Hall–Kier alpha value is -2.48. The van der Waals surface area contributed by atoms with Gasteiger partial charge in [0.05, 0.1) is 17.0 Å². The molecule has 2 aromatic carbocycles. The summed E-state index contributed by atoms with van der Waals surface area (Å²) >= 11 is 12.8. The smallest absolute Gasteiger partial charge is 0.279 e. The third kappa shape index (κ3) is 4.44. The van der Waals surface area contributed by atoms with Crippen molar-refractivity contribution < 1.29 is 19.4 Å². The summed E-state index contributed by atoms with van der Waals surface area (Å²) in [5.41, 5.74) is 0.909. The molecule has 2 aromatic rings. The van der Waals surface area contributed by atoms with E-state index in [1.807, 2.05) is 0 Å². The second kappa shape index (κ2) is 8.04. The molecule has 6 nitrogen and oxygen atoms in total. The minimum Gasteiger partial charge on any atom is -0.503 e. The lowest BCUT2D eigenvalue weighted by Crippen LogP contribution is -2.20. The molecule has 2 amide bonds. The Morgan fingerprint density at radius 3 is 2.63 bits per heavy atom. The van der Waals surface area contributed by atoms with Gasteiger partial charge in [-0.05, 0) is 59.8 Å². The van der Waals surface area contributed by atoms with E-state index in [1.54, 1.807) is 30.3 Å². The molecule has 0 aromatic heterocycles. The lowest BCUT2D eigenvalue weighted by molar-refractivity contribution is -0.115. The molecule has 1 heterocycles. The molecule has 0 atom stereocenters. The van der Waals surface area contributed by atoms with Crippen LogP contribution in [-0.4, -0.2) is 29.2 Å². The first-order valence-electron chi connectivity index (χ1n) is 7.53. The molecule has 138 valence electrons. The summed E-state index contributed by atoms with van der Waals surface area (Å²) in [5.74, 6) is -0.888. The Morgan fingerprint density at radius 1 is 1.26 bits per heavy atom. The highest BCUT2D eigenvalue weighted by molar-refractivity contribution is 8.18. The summed E-state index contributed by atoms with van der Waals surface area (Å²) < 4.78 is 5.04. The number of carbonyl (C=O) groups excluding carboxylic acids is 2. The Morgan fingerprint density at radius 2 is 1.96 bits per heavy atom. The van der Waals surface area contributed by atoms with Crippen molar-refractivity contribution in [1.29, 1.82) is 0 Å².